The Hall–Kier alpha value is -6.90. The molecule has 2 nitrogen and oxygen atoms in total. The lowest BCUT2D eigenvalue weighted by Crippen LogP contribution is -2.10. The smallest absolute Gasteiger partial charge is 0.0546 e. The number of benzene rings is 10. The van der Waals surface area contributed by atoms with Crippen molar-refractivity contribution in [2.75, 3.05) is 16.8 Å². The van der Waals surface area contributed by atoms with Gasteiger partial charge in [0.2, 0.25) is 0 Å². The Labute approximate surface area is 309 Å². The molecule has 0 heterocycles. The Morgan fingerprint density at radius 1 is 0.283 bits per heavy atom. The van der Waals surface area contributed by atoms with Crippen molar-refractivity contribution < 1.29 is 0 Å². The van der Waals surface area contributed by atoms with Gasteiger partial charge in [0.05, 0.1) is 5.69 Å². The highest BCUT2D eigenvalue weighted by atomic mass is 15.1. The Kier molecular flexibility index (Phi) is 7.40. The molecule has 0 spiro atoms. The second-order valence-electron chi connectivity index (χ2n) is 13.9. The van der Waals surface area contributed by atoms with E-state index in [-0.39, 0.29) is 0 Å². The Bertz CT molecular complexity index is 2960. The van der Waals surface area contributed by atoms with Crippen LogP contribution in [-0.4, -0.2) is 7.05 Å². The Morgan fingerprint density at radius 3 is 1.43 bits per heavy atom. The van der Waals surface area contributed by atoms with E-state index < -0.39 is 0 Å². The van der Waals surface area contributed by atoms with Crippen molar-refractivity contribution in [3.8, 4) is 11.1 Å². The van der Waals surface area contributed by atoms with Crippen LogP contribution in [0.3, 0.4) is 0 Å². The highest BCUT2D eigenvalue weighted by Gasteiger charge is 2.18. The van der Waals surface area contributed by atoms with Crippen LogP contribution in [0.25, 0.3) is 65.0 Å². The molecular formula is C51H36N2. The third kappa shape index (κ3) is 5.53. The van der Waals surface area contributed by atoms with E-state index in [4.69, 9.17) is 0 Å². The van der Waals surface area contributed by atoms with Crippen LogP contribution in [0.5, 0.6) is 0 Å². The Morgan fingerprint density at radius 2 is 0.736 bits per heavy atom. The number of fused-ring (bicyclic) bond motifs is 6. The Balaban J connectivity index is 1.01. The minimum absolute atomic E-state index is 1.12. The standard InChI is InChI=1S/C51H36N2/c1-52(46-28-23-41-30-38-11-4-5-12-39(38)31-43(41)33-46)44-24-18-36(19-25-44)37-20-26-45(27-21-37)53(47-29-22-35-10-2-3-13-40(35)32-47)51-34-42-14-6-7-15-48(42)49-16-8-9-17-50(49)51/h2-34H,1H3. The summed E-state index contributed by atoms with van der Waals surface area (Å²) >= 11 is 0. The van der Waals surface area contributed by atoms with Crippen LogP contribution < -0.4 is 9.80 Å². The predicted octanol–water partition coefficient (Wildman–Crippen LogP) is 14.4. The summed E-state index contributed by atoms with van der Waals surface area (Å²) in [6.45, 7) is 0. The minimum atomic E-state index is 1.12. The van der Waals surface area contributed by atoms with E-state index in [9.17, 15) is 0 Å². The fraction of sp³-hybridized carbons (Fsp3) is 0.0196. The molecule has 10 aromatic rings. The summed E-state index contributed by atoms with van der Waals surface area (Å²) < 4.78 is 0. The van der Waals surface area contributed by atoms with E-state index >= 15 is 0 Å². The number of hydrogen-bond acceptors (Lipinski definition) is 2. The van der Waals surface area contributed by atoms with Gasteiger partial charge in [-0.15, -0.1) is 0 Å². The summed E-state index contributed by atoms with van der Waals surface area (Å²) in [4.78, 5) is 4.67. The highest BCUT2D eigenvalue weighted by molar-refractivity contribution is 6.14. The van der Waals surface area contributed by atoms with E-state index in [0.29, 0.717) is 0 Å². The molecule has 0 saturated carbocycles. The lowest BCUT2D eigenvalue weighted by atomic mass is 9.98. The highest BCUT2D eigenvalue weighted by Crippen LogP contribution is 2.43. The second kappa shape index (κ2) is 12.7. The van der Waals surface area contributed by atoms with Crippen molar-refractivity contribution in [3.05, 3.63) is 200 Å². The average Bonchev–Trinajstić information content (AvgIpc) is 3.23. The van der Waals surface area contributed by atoms with Crippen molar-refractivity contribution in [2.45, 2.75) is 0 Å². The molecule has 0 aliphatic rings. The van der Waals surface area contributed by atoms with Crippen LogP contribution in [0.2, 0.25) is 0 Å². The average molecular weight is 677 g/mol. The van der Waals surface area contributed by atoms with E-state index in [1.54, 1.807) is 0 Å². The fourth-order valence-electron chi connectivity index (χ4n) is 7.93. The minimum Gasteiger partial charge on any atom is -0.345 e. The van der Waals surface area contributed by atoms with Crippen LogP contribution in [-0.2, 0) is 0 Å². The van der Waals surface area contributed by atoms with E-state index in [1.807, 2.05) is 0 Å². The maximum absolute atomic E-state index is 2.41. The van der Waals surface area contributed by atoms with Crippen LogP contribution in [0.1, 0.15) is 0 Å². The maximum Gasteiger partial charge on any atom is 0.0546 e. The molecule has 0 unspecified atom stereocenters. The first-order valence-corrected chi connectivity index (χ1v) is 18.2. The number of hydrogen-bond donors (Lipinski definition) is 0. The fourth-order valence-corrected chi connectivity index (χ4v) is 7.93. The summed E-state index contributed by atoms with van der Waals surface area (Å²) in [5.74, 6) is 0. The van der Waals surface area contributed by atoms with Gasteiger partial charge in [-0.1, -0.05) is 133 Å². The van der Waals surface area contributed by atoms with Crippen LogP contribution in [0.4, 0.5) is 28.4 Å². The van der Waals surface area contributed by atoms with E-state index in [2.05, 4.69) is 217 Å². The van der Waals surface area contributed by atoms with Gasteiger partial charge < -0.3 is 9.80 Å². The van der Waals surface area contributed by atoms with Gasteiger partial charge in [0, 0.05) is 35.2 Å². The summed E-state index contributed by atoms with van der Waals surface area (Å²) in [6.07, 6.45) is 0. The molecule has 0 aliphatic heterocycles. The predicted molar refractivity (Wildman–Crippen MR) is 229 cm³/mol. The van der Waals surface area contributed by atoms with Crippen molar-refractivity contribution in [1.82, 2.24) is 0 Å². The molecule has 0 N–H and O–H groups in total. The summed E-state index contributed by atoms with van der Waals surface area (Å²) in [5.41, 5.74) is 8.10. The maximum atomic E-state index is 2.41. The third-order valence-corrected chi connectivity index (χ3v) is 10.8. The largest absolute Gasteiger partial charge is 0.345 e. The zero-order valence-corrected chi connectivity index (χ0v) is 29.4. The lowest BCUT2D eigenvalue weighted by Gasteiger charge is -2.28. The number of nitrogens with zero attached hydrogens (tertiary/aromatic N) is 2. The number of rotatable bonds is 6. The molecule has 0 amide bonds. The zero-order valence-electron chi connectivity index (χ0n) is 29.4. The molecule has 0 radical (unpaired) electrons. The molecule has 0 atom stereocenters. The van der Waals surface area contributed by atoms with E-state index in [1.165, 1.54) is 70.7 Å². The summed E-state index contributed by atoms with van der Waals surface area (Å²) in [5, 5.41) is 12.5. The van der Waals surface area contributed by atoms with E-state index in [0.717, 1.165) is 22.7 Å². The molecule has 0 saturated heterocycles. The van der Waals surface area contributed by atoms with Crippen molar-refractivity contribution in [1.29, 1.82) is 0 Å². The van der Waals surface area contributed by atoms with Gasteiger partial charge in [0.15, 0.2) is 0 Å². The first-order chi connectivity index (χ1) is 26.2. The van der Waals surface area contributed by atoms with Gasteiger partial charge in [-0.25, -0.2) is 0 Å². The second-order valence-corrected chi connectivity index (χ2v) is 13.9. The van der Waals surface area contributed by atoms with Crippen LogP contribution in [0, 0.1) is 0 Å². The monoisotopic (exact) mass is 676 g/mol. The topological polar surface area (TPSA) is 6.48 Å². The lowest BCUT2D eigenvalue weighted by molar-refractivity contribution is 1.21. The number of anilines is 5. The van der Waals surface area contributed by atoms with Gasteiger partial charge in [0.1, 0.15) is 0 Å². The molecule has 10 aromatic carbocycles. The van der Waals surface area contributed by atoms with Crippen molar-refractivity contribution >= 4 is 82.3 Å². The first-order valence-electron chi connectivity index (χ1n) is 18.2. The van der Waals surface area contributed by atoms with Gasteiger partial charge in [-0.05, 0) is 126 Å². The van der Waals surface area contributed by atoms with Gasteiger partial charge >= 0.3 is 0 Å². The summed E-state index contributed by atoms with van der Waals surface area (Å²) in [6, 6.07) is 72.9. The van der Waals surface area contributed by atoms with Crippen molar-refractivity contribution in [2.24, 2.45) is 0 Å². The third-order valence-electron chi connectivity index (χ3n) is 10.8. The molecular weight excluding hydrogens is 641 g/mol. The molecule has 0 bridgehead atoms. The van der Waals surface area contributed by atoms with Gasteiger partial charge in [-0.3, -0.25) is 0 Å². The molecule has 2 heteroatoms. The first kappa shape index (κ1) is 30.9. The van der Waals surface area contributed by atoms with Crippen molar-refractivity contribution in [3.63, 3.8) is 0 Å². The summed E-state index contributed by atoms with van der Waals surface area (Å²) in [7, 11) is 2.14. The molecule has 250 valence electrons. The zero-order chi connectivity index (χ0) is 35.3. The molecule has 0 aliphatic carbocycles. The molecule has 53 heavy (non-hydrogen) atoms. The van der Waals surface area contributed by atoms with Crippen LogP contribution >= 0.6 is 0 Å². The van der Waals surface area contributed by atoms with Gasteiger partial charge in [0.25, 0.3) is 0 Å². The quantitative estimate of drug-likeness (QED) is 0.128. The molecule has 10 rings (SSSR count). The molecule has 0 fully saturated rings. The SMILES string of the molecule is CN(c1ccc(-c2ccc(N(c3ccc4ccccc4c3)c3cc4ccccc4c4ccccc34)cc2)cc1)c1ccc2cc3ccccc3cc2c1. The molecule has 0 aromatic heterocycles. The van der Waals surface area contributed by atoms with Gasteiger partial charge in [-0.2, -0.15) is 0 Å². The normalized spacial score (nSPS) is 11.5. The van der Waals surface area contributed by atoms with Crippen LogP contribution in [0.15, 0.2) is 200 Å².